The van der Waals surface area contributed by atoms with Crippen molar-refractivity contribution in [2.45, 2.75) is 19.5 Å². The van der Waals surface area contributed by atoms with E-state index in [2.05, 4.69) is 11.9 Å². The fourth-order valence-corrected chi connectivity index (χ4v) is 2.39. The van der Waals surface area contributed by atoms with Gasteiger partial charge in [0, 0.05) is 11.2 Å². The van der Waals surface area contributed by atoms with Crippen LogP contribution in [0.25, 0.3) is 10.9 Å². The number of carbonyl (C=O) groups is 2. The van der Waals surface area contributed by atoms with Gasteiger partial charge < -0.3 is 19.7 Å². The molecule has 1 heterocycles. The molecule has 2 N–H and O–H groups in total. The molecule has 0 saturated heterocycles. The molecule has 1 aromatic heterocycles. The summed E-state index contributed by atoms with van der Waals surface area (Å²) >= 11 is 0. The fourth-order valence-electron chi connectivity index (χ4n) is 2.39. The second-order valence-electron chi connectivity index (χ2n) is 5.22. The molecule has 6 nitrogen and oxygen atoms in total. The van der Waals surface area contributed by atoms with Crippen molar-refractivity contribution in [2.75, 3.05) is 13.2 Å². The molecule has 122 valence electrons. The molecular formula is C17H20N2O4. The van der Waals surface area contributed by atoms with Crippen LogP contribution in [0.2, 0.25) is 0 Å². The van der Waals surface area contributed by atoms with Gasteiger partial charge in [0.1, 0.15) is 6.54 Å². The number of rotatable bonds is 8. The number of para-hydroxylation sites is 1. The first-order valence-corrected chi connectivity index (χ1v) is 7.28. The standard InChI is InChI=1S/C17H20N2O4/c1-3-8-23-11-14(17(21)22)18-16(20)10-19-12(2)9-13-6-4-5-7-15(13)19/h3-7,9,14H,1,8,10-11H2,2H3,(H,18,20)(H,21,22). The molecule has 1 aromatic carbocycles. The number of benzene rings is 1. The van der Waals surface area contributed by atoms with Crippen LogP contribution in [0.3, 0.4) is 0 Å². The maximum atomic E-state index is 12.2. The maximum absolute atomic E-state index is 12.2. The van der Waals surface area contributed by atoms with Gasteiger partial charge >= 0.3 is 5.97 Å². The van der Waals surface area contributed by atoms with Crippen molar-refractivity contribution < 1.29 is 19.4 Å². The Kier molecular flexibility index (Phi) is 5.54. The van der Waals surface area contributed by atoms with E-state index in [4.69, 9.17) is 9.84 Å². The van der Waals surface area contributed by atoms with E-state index >= 15 is 0 Å². The van der Waals surface area contributed by atoms with Gasteiger partial charge in [0.25, 0.3) is 0 Å². The zero-order chi connectivity index (χ0) is 16.8. The van der Waals surface area contributed by atoms with Crippen LogP contribution < -0.4 is 5.32 Å². The van der Waals surface area contributed by atoms with Crippen molar-refractivity contribution in [3.63, 3.8) is 0 Å². The third-order valence-electron chi connectivity index (χ3n) is 3.47. The minimum absolute atomic E-state index is 0.0601. The second-order valence-corrected chi connectivity index (χ2v) is 5.22. The number of aromatic nitrogens is 1. The fraction of sp³-hybridized carbons (Fsp3) is 0.294. The van der Waals surface area contributed by atoms with Crippen molar-refractivity contribution in [2.24, 2.45) is 0 Å². The second kappa shape index (κ2) is 7.60. The van der Waals surface area contributed by atoms with Gasteiger partial charge in [-0.15, -0.1) is 6.58 Å². The average Bonchev–Trinajstić information content (AvgIpc) is 2.82. The summed E-state index contributed by atoms with van der Waals surface area (Å²) in [6.45, 7) is 5.60. The highest BCUT2D eigenvalue weighted by Gasteiger charge is 2.20. The van der Waals surface area contributed by atoms with Gasteiger partial charge in [-0.2, -0.15) is 0 Å². The van der Waals surface area contributed by atoms with Crippen LogP contribution in [-0.4, -0.2) is 40.8 Å². The van der Waals surface area contributed by atoms with Gasteiger partial charge in [0.15, 0.2) is 6.04 Å². The molecule has 0 saturated carbocycles. The zero-order valence-electron chi connectivity index (χ0n) is 13.0. The topological polar surface area (TPSA) is 80.6 Å². The predicted molar refractivity (Wildman–Crippen MR) is 87.3 cm³/mol. The Balaban J connectivity index is 2.06. The summed E-state index contributed by atoms with van der Waals surface area (Å²) in [7, 11) is 0. The third kappa shape index (κ3) is 4.20. The Labute approximate surface area is 134 Å². The monoisotopic (exact) mass is 316 g/mol. The van der Waals surface area contributed by atoms with Gasteiger partial charge in [0.2, 0.25) is 5.91 Å². The van der Waals surface area contributed by atoms with Crippen LogP contribution in [0.1, 0.15) is 5.69 Å². The Bertz CT molecular complexity index is 720. The van der Waals surface area contributed by atoms with E-state index in [-0.39, 0.29) is 25.7 Å². The van der Waals surface area contributed by atoms with Crippen molar-refractivity contribution in [1.82, 2.24) is 9.88 Å². The van der Waals surface area contributed by atoms with Crippen molar-refractivity contribution in [3.05, 3.63) is 48.7 Å². The number of fused-ring (bicyclic) bond motifs is 1. The highest BCUT2D eigenvalue weighted by atomic mass is 16.5. The number of carboxylic acid groups (broad SMARTS) is 1. The van der Waals surface area contributed by atoms with E-state index in [1.54, 1.807) is 0 Å². The molecule has 1 atom stereocenters. The highest BCUT2D eigenvalue weighted by Crippen LogP contribution is 2.18. The first-order valence-electron chi connectivity index (χ1n) is 7.28. The molecule has 0 spiro atoms. The summed E-state index contributed by atoms with van der Waals surface area (Å²) < 4.78 is 6.97. The number of aryl methyl sites for hydroxylation is 1. The lowest BCUT2D eigenvalue weighted by Gasteiger charge is -2.15. The predicted octanol–water partition coefficient (Wildman–Crippen LogP) is 1.72. The number of aliphatic carboxylic acids is 1. The molecule has 2 aromatic rings. The molecule has 0 aliphatic heterocycles. The molecule has 0 bridgehead atoms. The molecular weight excluding hydrogens is 296 g/mol. The lowest BCUT2D eigenvalue weighted by molar-refractivity contribution is -0.143. The van der Waals surface area contributed by atoms with Crippen molar-refractivity contribution >= 4 is 22.8 Å². The van der Waals surface area contributed by atoms with Gasteiger partial charge in [0.05, 0.1) is 13.2 Å². The summed E-state index contributed by atoms with van der Waals surface area (Å²) in [5.41, 5.74) is 1.88. The summed E-state index contributed by atoms with van der Waals surface area (Å²) in [5.74, 6) is -1.50. The summed E-state index contributed by atoms with van der Waals surface area (Å²) in [6.07, 6.45) is 1.52. The van der Waals surface area contributed by atoms with Gasteiger partial charge in [-0.3, -0.25) is 4.79 Å². The number of carboxylic acids is 1. The largest absolute Gasteiger partial charge is 0.480 e. The molecule has 6 heteroatoms. The lowest BCUT2D eigenvalue weighted by atomic mass is 10.2. The molecule has 1 unspecified atom stereocenters. The van der Waals surface area contributed by atoms with E-state index in [9.17, 15) is 9.59 Å². The molecule has 0 fully saturated rings. The van der Waals surface area contributed by atoms with Gasteiger partial charge in [-0.1, -0.05) is 24.3 Å². The number of carbonyl (C=O) groups excluding carboxylic acids is 1. The highest BCUT2D eigenvalue weighted by molar-refractivity contribution is 5.86. The van der Waals surface area contributed by atoms with Crippen LogP contribution in [-0.2, 0) is 20.9 Å². The number of amides is 1. The van der Waals surface area contributed by atoms with Crippen LogP contribution in [0.5, 0.6) is 0 Å². The normalized spacial score (nSPS) is 12.0. The SMILES string of the molecule is C=CCOCC(NC(=O)Cn1c(C)cc2ccccc21)C(=O)O. The summed E-state index contributed by atoms with van der Waals surface area (Å²) in [4.78, 5) is 23.4. The Morgan fingerprint density at radius 1 is 1.43 bits per heavy atom. The van der Waals surface area contributed by atoms with Crippen LogP contribution in [0, 0.1) is 6.92 Å². The first-order chi connectivity index (χ1) is 11.0. The van der Waals surface area contributed by atoms with Crippen LogP contribution >= 0.6 is 0 Å². The van der Waals surface area contributed by atoms with E-state index in [1.807, 2.05) is 41.8 Å². The number of ether oxygens (including phenoxy) is 1. The number of hydrogen-bond donors (Lipinski definition) is 2. The van der Waals surface area contributed by atoms with E-state index in [0.717, 1.165) is 16.6 Å². The maximum Gasteiger partial charge on any atom is 0.328 e. The minimum atomic E-state index is -1.13. The quantitative estimate of drug-likeness (QED) is 0.574. The molecule has 0 aliphatic carbocycles. The third-order valence-corrected chi connectivity index (χ3v) is 3.47. The van der Waals surface area contributed by atoms with E-state index in [1.165, 1.54) is 6.08 Å². The minimum Gasteiger partial charge on any atom is -0.480 e. The number of nitrogens with one attached hydrogen (secondary N) is 1. The Morgan fingerprint density at radius 2 is 2.17 bits per heavy atom. The molecule has 0 radical (unpaired) electrons. The van der Waals surface area contributed by atoms with Gasteiger partial charge in [-0.05, 0) is 24.4 Å². The van der Waals surface area contributed by atoms with Crippen molar-refractivity contribution in [3.8, 4) is 0 Å². The zero-order valence-corrected chi connectivity index (χ0v) is 13.0. The smallest absolute Gasteiger partial charge is 0.328 e. The van der Waals surface area contributed by atoms with Crippen molar-refractivity contribution in [1.29, 1.82) is 0 Å². The molecule has 1 amide bonds. The van der Waals surface area contributed by atoms with E-state index < -0.39 is 12.0 Å². The summed E-state index contributed by atoms with van der Waals surface area (Å²) in [6, 6.07) is 8.65. The van der Waals surface area contributed by atoms with Crippen LogP contribution in [0.4, 0.5) is 0 Å². The summed E-state index contributed by atoms with van der Waals surface area (Å²) in [5, 5.41) is 12.7. The molecule has 0 aliphatic rings. The molecule has 2 rings (SSSR count). The Morgan fingerprint density at radius 3 is 2.87 bits per heavy atom. The van der Waals surface area contributed by atoms with Crippen LogP contribution in [0.15, 0.2) is 43.0 Å². The Hall–Kier alpha value is -2.60. The first kappa shape index (κ1) is 16.8. The number of nitrogens with zero attached hydrogens (tertiary/aromatic N) is 1. The van der Waals surface area contributed by atoms with E-state index in [0.29, 0.717) is 0 Å². The average molecular weight is 316 g/mol. The molecule has 23 heavy (non-hydrogen) atoms. The van der Waals surface area contributed by atoms with Gasteiger partial charge in [-0.25, -0.2) is 4.79 Å². The number of hydrogen-bond acceptors (Lipinski definition) is 3. The lowest BCUT2D eigenvalue weighted by Crippen LogP contribution is -2.45.